The number of nitrogens with one attached hydrogen (secondary N) is 1. The Balaban J connectivity index is 1.58. The highest BCUT2D eigenvalue weighted by molar-refractivity contribution is 7.92. The van der Waals surface area contributed by atoms with Gasteiger partial charge in [0.2, 0.25) is 10.0 Å². The Morgan fingerprint density at radius 1 is 1.00 bits per heavy atom. The lowest BCUT2D eigenvalue weighted by molar-refractivity contribution is 0.0947. The quantitative estimate of drug-likeness (QED) is 0.496. The van der Waals surface area contributed by atoms with Gasteiger partial charge in [-0.25, -0.2) is 12.8 Å². The Labute approximate surface area is 187 Å². The molecule has 0 spiro atoms. The number of aryl methyl sites for hydroxylation is 1. The number of para-hydroxylation sites is 1. The Morgan fingerprint density at radius 2 is 1.66 bits per heavy atom. The summed E-state index contributed by atoms with van der Waals surface area (Å²) in [6, 6.07) is 19.7. The van der Waals surface area contributed by atoms with Crippen molar-refractivity contribution in [2.45, 2.75) is 13.5 Å². The maximum atomic E-state index is 12.9. The van der Waals surface area contributed by atoms with E-state index in [1.165, 1.54) is 34.8 Å². The fourth-order valence-electron chi connectivity index (χ4n) is 3.12. The van der Waals surface area contributed by atoms with Crippen LogP contribution in [0.15, 0.2) is 72.8 Å². The van der Waals surface area contributed by atoms with Crippen LogP contribution < -0.4 is 14.4 Å². The Bertz CT molecular complexity index is 1160. The van der Waals surface area contributed by atoms with Crippen LogP contribution in [-0.2, 0) is 16.6 Å². The highest BCUT2D eigenvalue weighted by Gasteiger charge is 2.19. The van der Waals surface area contributed by atoms with Crippen LogP contribution in [0.1, 0.15) is 21.5 Å². The first kappa shape index (κ1) is 23.3. The third kappa shape index (κ3) is 6.31. The molecule has 6 nitrogen and oxygen atoms in total. The standard InChI is InChI=1S/C24H25FN2O4S/c1-18-5-3-4-6-23(18)27(32(2,29)30)17-19-7-9-20(10-8-19)24(28)26-15-16-31-22-13-11-21(25)12-14-22/h3-14H,15-17H2,1-2H3,(H,26,28). The average molecular weight is 457 g/mol. The van der Waals surface area contributed by atoms with Crippen molar-refractivity contribution in [3.8, 4) is 5.75 Å². The molecule has 0 saturated carbocycles. The Kier molecular flexibility index (Phi) is 7.48. The average Bonchev–Trinajstić information content (AvgIpc) is 2.76. The van der Waals surface area contributed by atoms with Gasteiger partial charge in [0.25, 0.3) is 5.91 Å². The summed E-state index contributed by atoms with van der Waals surface area (Å²) < 4.78 is 44.4. The van der Waals surface area contributed by atoms with E-state index < -0.39 is 10.0 Å². The molecule has 0 unspecified atom stereocenters. The molecule has 0 fully saturated rings. The lowest BCUT2D eigenvalue weighted by Gasteiger charge is -2.24. The van der Waals surface area contributed by atoms with Gasteiger partial charge in [-0.3, -0.25) is 9.10 Å². The van der Waals surface area contributed by atoms with Gasteiger partial charge < -0.3 is 10.1 Å². The van der Waals surface area contributed by atoms with Crippen molar-refractivity contribution < 1.29 is 22.3 Å². The third-order valence-corrected chi connectivity index (χ3v) is 5.92. The van der Waals surface area contributed by atoms with Crippen LogP contribution in [0.5, 0.6) is 5.75 Å². The molecule has 1 amide bonds. The van der Waals surface area contributed by atoms with Gasteiger partial charge in [-0.2, -0.15) is 0 Å². The van der Waals surface area contributed by atoms with Crippen LogP contribution in [0.3, 0.4) is 0 Å². The molecule has 8 heteroatoms. The number of hydrogen-bond acceptors (Lipinski definition) is 4. The van der Waals surface area contributed by atoms with E-state index in [4.69, 9.17) is 4.74 Å². The number of carbonyl (C=O) groups is 1. The summed E-state index contributed by atoms with van der Waals surface area (Å²) in [5, 5.41) is 2.75. The number of anilines is 1. The molecule has 1 N–H and O–H groups in total. The van der Waals surface area contributed by atoms with Crippen LogP contribution in [0.25, 0.3) is 0 Å². The number of sulfonamides is 1. The molecule has 168 valence electrons. The van der Waals surface area contributed by atoms with Gasteiger partial charge in [-0.15, -0.1) is 0 Å². The van der Waals surface area contributed by atoms with E-state index in [1.807, 2.05) is 19.1 Å². The summed E-state index contributed by atoms with van der Waals surface area (Å²) in [6.45, 7) is 2.56. The summed E-state index contributed by atoms with van der Waals surface area (Å²) >= 11 is 0. The number of ether oxygens (including phenoxy) is 1. The summed E-state index contributed by atoms with van der Waals surface area (Å²) in [5.41, 5.74) is 2.70. The molecule has 0 aliphatic heterocycles. The molecular formula is C24H25FN2O4S. The van der Waals surface area contributed by atoms with E-state index in [0.29, 0.717) is 17.0 Å². The number of hydrogen-bond donors (Lipinski definition) is 1. The Hall–Kier alpha value is -3.39. The van der Waals surface area contributed by atoms with Crippen LogP contribution in [0.2, 0.25) is 0 Å². The molecule has 0 atom stereocenters. The summed E-state index contributed by atoms with van der Waals surface area (Å²) in [7, 11) is -3.49. The van der Waals surface area contributed by atoms with Gasteiger partial charge in [-0.05, 0) is 60.5 Å². The lowest BCUT2D eigenvalue weighted by Crippen LogP contribution is -2.30. The first-order chi connectivity index (χ1) is 15.2. The van der Waals surface area contributed by atoms with E-state index >= 15 is 0 Å². The minimum Gasteiger partial charge on any atom is -0.492 e. The largest absolute Gasteiger partial charge is 0.492 e. The Morgan fingerprint density at radius 3 is 2.28 bits per heavy atom. The van der Waals surface area contributed by atoms with Crippen molar-refractivity contribution in [1.82, 2.24) is 5.32 Å². The van der Waals surface area contributed by atoms with Gasteiger partial charge in [-0.1, -0.05) is 30.3 Å². The molecule has 0 heterocycles. The number of rotatable bonds is 9. The zero-order valence-corrected chi connectivity index (χ0v) is 18.7. The van der Waals surface area contributed by atoms with Gasteiger partial charge in [0.15, 0.2) is 0 Å². The zero-order valence-electron chi connectivity index (χ0n) is 17.9. The van der Waals surface area contributed by atoms with Gasteiger partial charge in [0.1, 0.15) is 18.2 Å². The summed E-state index contributed by atoms with van der Waals surface area (Å²) in [4.78, 5) is 12.3. The van der Waals surface area contributed by atoms with Gasteiger partial charge in [0.05, 0.1) is 25.0 Å². The SMILES string of the molecule is Cc1ccccc1N(Cc1ccc(C(=O)NCCOc2ccc(F)cc2)cc1)S(C)(=O)=O. The van der Waals surface area contributed by atoms with Gasteiger partial charge >= 0.3 is 0 Å². The van der Waals surface area contributed by atoms with E-state index in [2.05, 4.69) is 5.32 Å². The minimum absolute atomic E-state index is 0.164. The number of amides is 1. The molecule has 0 aliphatic rings. The second-order valence-corrected chi connectivity index (χ2v) is 9.22. The van der Waals surface area contributed by atoms with Crippen molar-refractivity contribution in [3.05, 3.63) is 95.3 Å². The molecule has 3 aromatic rings. The number of benzene rings is 3. The van der Waals surface area contributed by atoms with Crippen molar-refractivity contribution in [2.24, 2.45) is 0 Å². The van der Waals surface area contributed by atoms with Crippen molar-refractivity contribution >= 4 is 21.6 Å². The normalized spacial score (nSPS) is 11.1. The first-order valence-corrected chi connectivity index (χ1v) is 11.9. The predicted molar refractivity (Wildman–Crippen MR) is 123 cm³/mol. The second-order valence-electron chi connectivity index (χ2n) is 7.31. The van der Waals surface area contributed by atoms with Crippen LogP contribution >= 0.6 is 0 Å². The van der Waals surface area contributed by atoms with Crippen molar-refractivity contribution in [2.75, 3.05) is 23.7 Å². The number of carbonyl (C=O) groups excluding carboxylic acids is 1. The topological polar surface area (TPSA) is 75.7 Å². The highest BCUT2D eigenvalue weighted by atomic mass is 32.2. The van der Waals surface area contributed by atoms with E-state index in [-0.39, 0.29) is 31.4 Å². The molecule has 0 aromatic heterocycles. The molecular weight excluding hydrogens is 431 g/mol. The minimum atomic E-state index is -3.49. The molecule has 0 saturated heterocycles. The number of nitrogens with zero attached hydrogens (tertiary/aromatic N) is 1. The predicted octanol–water partition coefficient (Wildman–Crippen LogP) is 3.91. The van der Waals surface area contributed by atoms with E-state index in [1.54, 1.807) is 36.4 Å². The maximum absolute atomic E-state index is 12.9. The second kappa shape index (κ2) is 10.3. The summed E-state index contributed by atoms with van der Waals surface area (Å²) in [5.74, 6) is -0.0835. The van der Waals surface area contributed by atoms with Crippen LogP contribution in [0.4, 0.5) is 10.1 Å². The molecule has 0 bridgehead atoms. The maximum Gasteiger partial charge on any atom is 0.251 e. The molecule has 3 aromatic carbocycles. The smallest absolute Gasteiger partial charge is 0.251 e. The first-order valence-electron chi connectivity index (χ1n) is 10.0. The van der Waals surface area contributed by atoms with Gasteiger partial charge in [0, 0.05) is 5.56 Å². The zero-order chi connectivity index (χ0) is 23.1. The number of halogens is 1. The van der Waals surface area contributed by atoms with E-state index in [9.17, 15) is 17.6 Å². The van der Waals surface area contributed by atoms with Crippen LogP contribution in [0, 0.1) is 12.7 Å². The fraction of sp³-hybridized carbons (Fsp3) is 0.208. The third-order valence-electron chi connectivity index (χ3n) is 4.80. The molecule has 32 heavy (non-hydrogen) atoms. The van der Waals surface area contributed by atoms with Crippen molar-refractivity contribution in [1.29, 1.82) is 0 Å². The monoisotopic (exact) mass is 456 g/mol. The van der Waals surface area contributed by atoms with Crippen LogP contribution in [-0.4, -0.2) is 33.7 Å². The fourth-order valence-corrected chi connectivity index (χ4v) is 4.06. The lowest BCUT2D eigenvalue weighted by atomic mass is 10.1. The van der Waals surface area contributed by atoms with Crippen molar-refractivity contribution in [3.63, 3.8) is 0 Å². The highest BCUT2D eigenvalue weighted by Crippen LogP contribution is 2.24. The molecule has 0 aliphatic carbocycles. The molecule has 3 rings (SSSR count). The molecule has 0 radical (unpaired) electrons. The van der Waals surface area contributed by atoms with E-state index in [0.717, 1.165) is 11.1 Å². The summed E-state index contributed by atoms with van der Waals surface area (Å²) in [6.07, 6.45) is 1.18.